The van der Waals surface area contributed by atoms with Crippen molar-refractivity contribution < 1.29 is 36.2 Å². The van der Waals surface area contributed by atoms with Crippen molar-refractivity contribution in [3.63, 3.8) is 0 Å². The van der Waals surface area contributed by atoms with E-state index in [1.165, 1.54) is 23.5 Å². The molecule has 5 nitrogen and oxygen atoms in total. The number of amides is 1. The lowest BCUT2D eigenvalue weighted by atomic mass is 10.1. The minimum Gasteiger partial charge on any atom is -0.395 e. The summed E-state index contributed by atoms with van der Waals surface area (Å²) in [6.45, 7) is -0.662. The number of alkyl halides is 6. The van der Waals surface area contributed by atoms with Gasteiger partial charge in [0.1, 0.15) is 0 Å². The lowest BCUT2D eigenvalue weighted by Gasteiger charge is -2.08. The largest absolute Gasteiger partial charge is 0.435 e. The van der Waals surface area contributed by atoms with E-state index in [-0.39, 0.29) is 18.7 Å². The number of fused-ring (bicyclic) bond motifs is 1. The second-order valence-electron chi connectivity index (χ2n) is 7.60. The van der Waals surface area contributed by atoms with E-state index in [2.05, 4.69) is 10.4 Å². The topological polar surface area (TPSA) is 67.2 Å². The minimum absolute atomic E-state index is 0.199. The molecule has 1 amide bonds. The number of halogens is 6. The molecule has 0 aliphatic rings. The summed E-state index contributed by atoms with van der Waals surface area (Å²) < 4.78 is 81.3. The Kier molecular flexibility index (Phi) is 6.60. The van der Waals surface area contributed by atoms with Gasteiger partial charge in [0.15, 0.2) is 5.69 Å². The highest BCUT2D eigenvalue weighted by molar-refractivity contribution is 7.19. The van der Waals surface area contributed by atoms with Crippen molar-refractivity contribution in [2.24, 2.45) is 0 Å². The van der Waals surface area contributed by atoms with E-state index in [1.54, 1.807) is 24.3 Å². The van der Waals surface area contributed by atoms with Crippen LogP contribution in [0.1, 0.15) is 32.1 Å². The highest BCUT2D eigenvalue weighted by Gasteiger charge is 2.39. The van der Waals surface area contributed by atoms with Crippen LogP contribution in [-0.2, 0) is 18.8 Å². The number of aliphatic hydroxyl groups is 1. The molecule has 0 spiro atoms. The third-order valence-corrected chi connectivity index (χ3v) is 6.25. The van der Waals surface area contributed by atoms with E-state index in [1.807, 2.05) is 0 Å². The number of carbonyl (C=O) groups excluding carboxylic acids is 1. The van der Waals surface area contributed by atoms with Crippen molar-refractivity contribution >= 4 is 27.3 Å². The molecule has 2 heterocycles. The van der Waals surface area contributed by atoms with Crippen LogP contribution in [0.2, 0.25) is 0 Å². The third kappa shape index (κ3) is 5.33. The zero-order valence-corrected chi connectivity index (χ0v) is 18.6. The van der Waals surface area contributed by atoms with Crippen molar-refractivity contribution in [3.05, 3.63) is 82.0 Å². The summed E-state index contributed by atoms with van der Waals surface area (Å²) in [6, 6.07) is 11.6. The monoisotopic (exact) mass is 513 g/mol. The number of rotatable bonds is 6. The van der Waals surface area contributed by atoms with Crippen LogP contribution in [0, 0.1) is 0 Å². The molecule has 4 aromatic rings. The van der Waals surface area contributed by atoms with Crippen LogP contribution < -0.4 is 5.32 Å². The molecule has 184 valence electrons. The van der Waals surface area contributed by atoms with Gasteiger partial charge in [0, 0.05) is 24.0 Å². The maximum atomic E-state index is 13.6. The van der Waals surface area contributed by atoms with Gasteiger partial charge in [-0.1, -0.05) is 30.3 Å². The molecule has 2 aromatic heterocycles. The number of nitrogens with one attached hydrogen (secondary N) is 1. The SMILES string of the molecule is O=C(NCCO)c1cn(-c2cccc3cc(Cc4cccc(C(F)(F)F)c4)sc23)nc1C(F)(F)F. The molecule has 2 N–H and O–H groups in total. The first-order valence-corrected chi connectivity index (χ1v) is 11.0. The Morgan fingerprint density at radius 3 is 2.46 bits per heavy atom. The molecule has 12 heteroatoms. The van der Waals surface area contributed by atoms with Gasteiger partial charge in [-0.2, -0.15) is 31.4 Å². The maximum absolute atomic E-state index is 13.6. The maximum Gasteiger partial charge on any atom is 0.435 e. The molecule has 2 aromatic carbocycles. The van der Waals surface area contributed by atoms with Crippen LogP contribution in [0.15, 0.2) is 54.7 Å². The first kappa shape index (κ1) is 24.7. The Morgan fingerprint density at radius 2 is 1.77 bits per heavy atom. The van der Waals surface area contributed by atoms with E-state index in [0.717, 1.165) is 23.0 Å². The van der Waals surface area contributed by atoms with E-state index >= 15 is 0 Å². The Balaban J connectivity index is 1.73. The summed E-state index contributed by atoms with van der Waals surface area (Å²) in [7, 11) is 0. The minimum atomic E-state index is -4.89. The van der Waals surface area contributed by atoms with Gasteiger partial charge in [-0.3, -0.25) is 4.79 Å². The normalized spacial score (nSPS) is 12.3. The van der Waals surface area contributed by atoms with E-state index in [9.17, 15) is 31.1 Å². The fourth-order valence-corrected chi connectivity index (χ4v) is 4.76. The zero-order chi connectivity index (χ0) is 25.4. The number of hydrogen-bond acceptors (Lipinski definition) is 4. The second-order valence-corrected chi connectivity index (χ2v) is 8.73. The van der Waals surface area contributed by atoms with Crippen molar-refractivity contribution in [2.75, 3.05) is 13.2 Å². The average Bonchev–Trinajstić information content (AvgIpc) is 3.41. The number of aliphatic hydroxyl groups excluding tert-OH is 1. The van der Waals surface area contributed by atoms with Crippen LogP contribution in [0.3, 0.4) is 0 Å². The third-order valence-electron chi connectivity index (χ3n) is 5.08. The number of benzene rings is 2. The molecule has 0 aliphatic carbocycles. The molecule has 0 radical (unpaired) electrons. The lowest BCUT2D eigenvalue weighted by molar-refractivity contribution is -0.141. The molecule has 0 saturated heterocycles. The fourth-order valence-electron chi connectivity index (χ4n) is 3.56. The fraction of sp³-hybridized carbons (Fsp3) is 0.217. The summed E-state index contributed by atoms with van der Waals surface area (Å²) in [5, 5.41) is 15.3. The van der Waals surface area contributed by atoms with Gasteiger partial charge in [0.05, 0.1) is 28.1 Å². The van der Waals surface area contributed by atoms with Gasteiger partial charge >= 0.3 is 12.4 Å². The Labute approximate surface area is 198 Å². The summed E-state index contributed by atoms with van der Waals surface area (Å²) in [4.78, 5) is 12.9. The molecule has 0 saturated carbocycles. The summed E-state index contributed by atoms with van der Waals surface area (Å²) in [6.07, 6.45) is -8.20. The van der Waals surface area contributed by atoms with E-state index in [4.69, 9.17) is 5.11 Å². The van der Waals surface area contributed by atoms with Crippen LogP contribution in [-0.4, -0.2) is 33.9 Å². The van der Waals surface area contributed by atoms with Gasteiger partial charge in [0.25, 0.3) is 5.91 Å². The van der Waals surface area contributed by atoms with Gasteiger partial charge in [-0.15, -0.1) is 11.3 Å². The van der Waals surface area contributed by atoms with Crippen molar-refractivity contribution in [2.45, 2.75) is 18.8 Å². The molecular weight excluding hydrogens is 496 g/mol. The van der Waals surface area contributed by atoms with Gasteiger partial charge in [0.2, 0.25) is 0 Å². The number of thiophene rings is 1. The van der Waals surface area contributed by atoms with Gasteiger partial charge in [-0.25, -0.2) is 4.68 Å². The molecule has 0 atom stereocenters. The van der Waals surface area contributed by atoms with Crippen LogP contribution in [0.4, 0.5) is 26.3 Å². The predicted octanol–water partition coefficient (Wildman–Crippen LogP) is 5.44. The first-order chi connectivity index (χ1) is 16.5. The molecular formula is C23H17F6N3O2S. The standard InChI is InChI=1S/C23H17F6N3O2S/c24-22(25,26)15-5-1-3-13(9-15)10-16-11-14-4-2-6-18(19(14)35-16)32-12-17(21(34)30-7-8-33)20(31-32)23(27,28)29/h1-6,9,11-12,33H,7-8,10H2,(H,30,34). The van der Waals surface area contributed by atoms with E-state index < -0.39 is 41.7 Å². The average molecular weight is 513 g/mol. The quantitative estimate of drug-likeness (QED) is 0.338. The summed E-state index contributed by atoms with van der Waals surface area (Å²) in [5.41, 5.74) is -2.10. The summed E-state index contributed by atoms with van der Waals surface area (Å²) >= 11 is 1.21. The number of hydrogen-bond donors (Lipinski definition) is 2. The lowest BCUT2D eigenvalue weighted by Crippen LogP contribution is -2.28. The molecule has 35 heavy (non-hydrogen) atoms. The molecule has 0 fully saturated rings. The molecule has 0 aliphatic heterocycles. The smallest absolute Gasteiger partial charge is 0.395 e. The predicted molar refractivity (Wildman–Crippen MR) is 118 cm³/mol. The molecule has 0 unspecified atom stereocenters. The number of aromatic nitrogens is 2. The van der Waals surface area contributed by atoms with Gasteiger partial charge in [-0.05, 0) is 29.1 Å². The van der Waals surface area contributed by atoms with Crippen molar-refractivity contribution in [1.29, 1.82) is 0 Å². The first-order valence-electron chi connectivity index (χ1n) is 10.2. The second kappa shape index (κ2) is 9.34. The Morgan fingerprint density at radius 1 is 1.03 bits per heavy atom. The molecule has 4 rings (SSSR count). The van der Waals surface area contributed by atoms with Crippen LogP contribution in [0.25, 0.3) is 15.8 Å². The highest BCUT2D eigenvalue weighted by atomic mass is 32.1. The molecule has 0 bridgehead atoms. The number of carbonyl (C=O) groups is 1. The zero-order valence-electron chi connectivity index (χ0n) is 17.7. The van der Waals surface area contributed by atoms with Crippen LogP contribution >= 0.6 is 11.3 Å². The van der Waals surface area contributed by atoms with Crippen LogP contribution in [0.5, 0.6) is 0 Å². The summed E-state index contributed by atoms with van der Waals surface area (Å²) in [5.74, 6) is -1.03. The Hall–Kier alpha value is -3.38. The Bertz CT molecular complexity index is 1370. The van der Waals surface area contributed by atoms with Crippen molar-refractivity contribution in [3.8, 4) is 5.69 Å². The van der Waals surface area contributed by atoms with Gasteiger partial charge < -0.3 is 10.4 Å². The highest BCUT2D eigenvalue weighted by Crippen LogP contribution is 2.36. The van der Waals surface area contributed by atoms with Crippen molar-refractivity contribution in [1.82, 2.24) is 15.1 Å². The number of nitrogens with zero attached hydrogens (tertiary/aromatic N) is 2. The van der Waals surface area contributed by atoms with E-state index in [0.29, 0.717) is 20.5 Å².